The van der Waals surface area contributed by atoms with Crippen LogP contribution in [-0.4, -0.2) is 14.2 Å². The molecule has 3 heteroatoms. The van der Waals surface area contributed by atoms with Gasteiger partial charge in [-0.05, 0) is 200 Å². The van der Waals surface area contributed by atoms with Crippen LogP contribution in [0.1, 0.15) is 122 Å². The molecule has 2 N–H and O–H groups in total. The molecule has 12 unspecified atom stereocenters. The number of hydrogen-bond acceptors (Lipinski definition) is 3. The Morgan fingerprint density at radius 2 is 0.830 bits per heavy atom. The highest BCUT2D eigenvalue weighted by molar-refractivity contribution is 5.99. The van der Waals surface area contributed by atoms with E-state index in [2.05, 4.69) is 71.2 Å². The molecule has 15 rings (SSSR count). The summed E-state index contributed by atoms with van der Waals surface area (Å²) < 4.78 is 13.3. The minimum absolute atomic E-state index is 0.390. The number of allylic oxidation sites excluding steroid dienone is 2. The van der Waals surface area contributed by atoms with Gasteiger partial charge in [0.1, 0.15) is 11.5 Å². The molecule has 0 saturated heterocycles. The smallest absolute Gasteiger partial charge is 0.130 e. The summed E-state index contributed by atoms with van der Waals surface area (Å²) in [6.45, 7) is 20.1. The molecule has 3 aromatic rings. The lowest BCUT2D eigenvalue weighted by Crippen LogP contribution is -2.80. The molecule has 9 saturated carbocycles. The van der Waals surface area contributed by atoms with E-state index in [1.807, 2.05) is 14.2 Å². The molecule has 0 amide bonds. The molecule has 3 nitrogen and oxygen atoms in total. The minimum atomic E-state index is 0.390. The van der Waals surface area contributed by atoms with Gasteiger partial charge in [-0.25, -0.2) is 0 Å². The topological polar surface area (TPSA) is 44.5 Å². The highest BCUT2D eigenvalue weighted by Gasteiger charge is 2.90. The van der Waals surface area contributed by atoms with Crippen molar-refractivity contribution >= 4 is 16.5 Å². The molecule has 0 heterocycles. The van der Waals surface area contributed by atoms with Gasteiger partial charge in [0, 0.05) is 27.6 Å². The van der Waals surface area contributed by atoms with Crippen molar-refractivity contribution in [3.8, 4) is 11.5 Å². The van der Waals surface area contributed by atoms with Crippen LogP contribution in [0.5, 0.6) is 11.5 Å². The van der Waals surface area contributed by atoms with Crippen LogP contribution in [0.15, 0.2) is 54.6 Å². The lowest BCUT2D eigenvalue weighted by molar-refractivity contribution is -0.354. The molecule has 9 fully saturated rings. The summed E-state index contributed by atoms with van der Waals surface area (Å²) in [6, 6.07) is 12.2. The Balaban J connectivity index is 0.870. The summed E-state index contributed by atoms with van der Waals surface area (Å²) in [7, 11) is 3.93. The first-order valence-electron chi connectivity index (χ1n) is 21.5. The maximum Gasteiger partial charge on any atom is 0.130 e. The van der Waals surface area contributed by atoms with E-state index in [0.29, 0.717) is 63.1 Å². The van der Waals surface area contributed by atoms with Crippen LogP contribution < -0.4 is 15.2 Å². The van der Waals surface area contributed by atoms with Crippen LogP contribution in [-0.2, 0) is 0 Å². The Bertz CT molecular complexity index is 2440. The highest BCUT2D eigenvalue weighted by atomic mass is 16.5. The summed E-state index contributed by atoms with van der Waals surface area (Å²) in [5.41, 5.74) is 21.4. The van der Waals surface area contributed by atoms with E-state index >= 15 is 0 Å². The summed E-state index contributed by atoms with van der Waals surface area (Å²) in [5.74, 6) is 14.0. The fourth-order valence-corrected chi connectivity index (χ4v) is 21.7. The van der Waals surface area contributed by atoms with Crippen LogP contribution in [0.25, 0.3) is 10.8 Å². The third-order valence-corrected chi connectivity index (χ3v) is 22.6. The third kappa shape index (κ3) is 2.30. The van der Waals surface area contributed by atoms with E-state index < -0.39 is 0 Å². The number of hydrogen-bond donors (Lipinski definition) is 1. The van der Waals surface area contributed by atoms with E-state index in [-0.39, 0.29) is 0 Å². The normalized spacial score (nSPS) is 55.5. The molecule has 0 radical (unpaired) electrons. The van der Waals surface area contributed by atoms with Crippen molar-refractivity contribution in [3.05, 3.63) is 88.0 Å². The molecule has 0 aromatic heterocycles. The molecule has 0 aliphatic heterocycles. The summed E-state index contributed by atoms with van der Waals surface area (Å²) in [5, 5.41) is 2.67. The van der Waals surface area contributed by atoms with Gasteiger partial charge in [0.25, 0.3) is 0 Å². The lowest BCUT2D eigenvalue weighted by atomic mass is 9.19. The maximum atomic E-state index is 6.66. The van der Waals surface area contributed by atoms with Crippen LogP contribution in [0.4, 0.5) is 5.69 Å². The fourth-order valence-electron chi connectivity index (χ4n) is 21.7. The monoisotopic (exact) mass is 699 g/mol. The van der Waals surface area contributed by atoms with Crippen LogP contribution in [0.3, 0.4) is 0 Å². The molecule has 12 aliphatic carbocycles. The Morgan fingerprint density at radius 3 is 1.26 bits per heavy atom. The van der Waals surface area contributed by atoms with E-state index in [1.165, 1.54) is 70.2 Å². The third-order valence-electron chi connectivity index (χ3n) is 22.6. The zero-order chi connectivity index (χ0) is 35.5. The second kappa shape index (κ2) is 7.90. The number of methoxy groups -OCH3 is 2. The number of anilines is 1. The van der Waals surface area contributed by atoms with E-state index in [1.54, 1.807) is 22.3 Å². The Labute approximate surface area is 314 Å². The Kier molecular flexibility index (Phi) is 4.34. The first kappa shape index (κ1) is 29.1. The highest BCUT2D eigenvalue weighted by Crippen LogP contribution is 2.97. The molecule has 3 aromatic carbocycles. The fraction of sp³-hybridized carbons (Fsp3) is 0.600. The summed E-state index contributed by atoms with van der Waals surface area (Å²) >= 11 is 0. The number of rotatable bonds is 2. The average Bonchev–Trinajstić information content (AvgIpc) is 4.03. The Morgan fingerprint density at radius 1 is 0.491 bits per heavy atom. The van der Waals surface area contributed by atoms with Gasteiger partial charge >= 0.3 is 0 Å². The van der Waals surface area contributed by atoms with Gasteiger partial charge in [-0.3, -0.25) is 0 Å². The number of fused-ring (bicyclic) bond motifs is 40. The van der Waals surface area contributed by atoms with Gasteiger partial charge in [-0.1, -0.05) is 46.9 Å². The van der Waals surface area contributed by atoms with Crippen molar-refractivity contribution in [1.82, 2.24) is 0 Å². The van der Waals surface area contributed by atoms with Gasteiger partial charge in [0.15, 0.2) is 0 Å². The molecule has 20 atom stereocenters. The second-order valence-electron chi connectivity index (χ2n) is 22.0. The quantitative estimate of drug-likeness (QED) is 0.214. The summed E-state index contributed by atoms with van der Waals surface area (Å²) in [4.78, 5) is 0. The molecular weight excluding hydrogens is 647 g/mol. The van der Waals surface area contributed by atoms with Crippen LogP contribution in [0.2, 0.25) is 0 Å². The molecule has 8 bridgehead atoms. The van der Waals surface area contributed by atoms with Crippen LogP contribution in [0, 0.1) is 80.8 Å². The van der Waals surface area contributed by atoms with Gasteiger partial charge in [-0.2, -0.15) is 0 Å². The number of benzene rings is 3. The molecule has 53 heavy (non-hydrogen) atoms. The zero-order valence-electron chi connectivity index (χ0n) is 32.3. The number of nitrogens with two attached hydrogens (primary N) is 1. The first-order chi connectivity index (χ1) is 25.5. The van der Waals surface area contributed by atoms with E-state index in [0.717, 1.165) is 58.9 Å². The Hall–Kier alpha value is -3.20. The van der Waals surface area contributed by atoms with Gasteiger partial charge in [-0.15, -0.1) is 0 Å². The second-order valence-corrected chi connectivity index (χ2v) is 22.0. The van der Waals surface area contributed by atoms with Gasteiger partial charge in [0.05, 0.1) is 14.2 Å². The minimum Gasteiger partial charge on any atom is -0.496 e. The predicted molar refractivity (Wildman–Crippen MR) is 208 cm³/mol. The van der Waals surface area contributed by atoms with E-state index in [4.69, 9.17) is 15.2 Å². The number of nitrogen functional groups attached to an aromatic ring is 1. The average molecular weight is 700 g/mol. The number of ether oxygens (including phenoxy) is 2. The molecule has 270 valence electrons. The summed E-state index contributed by atoms with van der Waals surface area (Å²) in [6.07, 6.45) is 5.30. The maximum absolute atomic E-state index is 6.66. The van der Waals surface area contributed by atoms with Gasteiger partial charge < -0.3 is 15.2 Å². The molecular formula is C50H53NO2. The van der Waals surface area contributed by atoms with Crippen molar-refractivity contribution in [2.45, 2.75) is 88.9 Å². The van der Waals surface area contributed by atoms with Gasteiger partial charge in [0.2, 0.25) is 0 Å². The van der Waals surface area contributed by atoms with Crippen molar-refractivity contribution in [3.63, 3.8) is 0 Å². The van der Waals surface area contributed by atoms with Crippen molar-refractivity contribution in [2.24, 2.45) is 80.8 Å². The van der Waals surface area contributed by atoms with Crippen molar-refractivity contribution in [1.29, 1.82) is 0 Å². The zero-order valence-corrected chi connectivity index (χ0v) is 32.3. The van der Waals surface area contributed by atoms with E-state index in [9.17, 15) is 0 Å². The van der Waals surface area contributed by atoms with Crippen molar-refractivity contribution in [2.75, 3.05) is 20.0 Å². The standard InChI is InChI=1S/C50H53NO2/c1-18-19(2)23-12-22(18)37-38(23)48(4)44-34-17-33(43(44)47(37,48)3)35-36(34)46(53-8)32-14-26-25(13-31(32)45(35)52-7)29-16-30(26)42-41(29)49(5)39-27-15-28(40(39)50(42,49)6)24-11-20(51)9-10-21(24)27/h9-11,13-14,22-23,27-30,33-34,37-44H,1-2,12,15-17,51H2,3-8H3/t22-,23+,27+,28?,29-,30+,33+,34?,37?,38?,39?,40?,41?,42?,43?,44?,47-,48?,49+,50?/m1/s1. The SMILES string of the molecule is C=C1C(=C)[C@@H]2C[C@H]1C1C2C2(C)C3C4C[C@@H](c5c4c(OC)c4cc6c(cc4c5OC)[C@H]4C[C@@H]6C5C4[C@]4(C)C6C(C7C[C@H]6c6ccc(N)cc67)C54C)C3[C@@]12C. The molecule has 12 aliphatic rings. The lowest BCUT2D eigenvalue weighted by Gasteiger charge is -2.84. The van der Waals surface area contributed by atoms with Crippen LogP contribution >= 0.6 is 0 Å². The first-order valence-corrected chi connectivity index (χ1v) is 21.5. The largest absolute Gasteiger partial charge is 0.496 e. The predicted octanol–water partition coefficient (Wildman–Crippen LogP) is 10.7. The van der Waals surface area contributed by atoms with Crippen molar-refractivity contribution < 1.29 is 9.47 Å². The molecule has 0 spiro atoms.